The maximum absolute atomic E-state index is 12.2. The van der Waals surface area contributed by atoms with Crippen LogP contribution in [0.2, 0.25) is 0 Å². The zero-order chi connectivity index (χ0) is 16.4. The first-order valence-corrected chi connectivity index (χ1v) is 9.43. The lowest BCUT2D eigenvalue weighted by Gasteiger charge is -2.40. The first kappa shape index (κ1) is 17.2. The third-order valence-electron chi connectivity index (χ3n) is 5.51. The lowest BCUT2D eigenvalue weighted by molar-refractivity contribution is -0.126. The molecule has 3 fully saturated rings. The smallest absolute Gasteiger partial charge is 0.237 e. The van der Waals surface area contributed by atoms with Crippen LogP contribution < -0.4 is 5.32 Å². The zero-order valence-electron chi connectivity index (χ0n) is 15.0. The van der Waals surface area contributed by atoms with Gasteiger partial charge in [0.1, 0.15) is 0 Å². The molecule has 1 aliphatic carbocycles. The van der Waals surface area contributed by atoms with Gasteiger partial charge in [-0.15, -0.1) is 0 Å². The second-order valence-electron chi connectivity index (χ2n) is 7.91. The minimum Gasteiger partial charge on any atom is -0.373 e. The van der Waals surface area contributed by atoms with Gasteiger partial charge in [-0.1, -0.05) is 0 Å². The number of amides is 1. The summed E-state index contributed by atoms with van der Waals surface area (Å²) in [4.78, 5) is 17.1. The first-order valence-electron chi connectivity index (χ1n) is 9.43. The number of nitrogens with zero attached hydrogens (tertiary/aromatic N) is 2. The predicted molar refractivity (Wildman–Crippen MR) is 91.4 cm³/mol. The fourth-order valence-electron chi connectivity index (χ4n) is 4.04. The van der Waals surface area contributed by atoms with Gasteiger partial charge in [-0.2, -0.15) is 0 Å². The Morgan fingerprint density at radius 1 is 1.13 bits per heavy atom. The fraction of sp³-hybridized carbons (Fsp3) is 0.944. The Morgan fingerprint density at radius 2 is 1.74 bits per heavy atom. The van der Waals surface area contributed by atoms with E-state index in [-0.39, 0.29) is 11.9 Å². The van der Waals surface area contributed by atoms with Crippen molar-refractivity contribution < 1.29 is 9.53 Å². The summed E-state index contributed by atoms with van der Waals surface area (Å²) >= 11 is 0. The number of carbonyl (C=O) groups is 1. The fourth-order valence-corrected chi connectivity index (χ4v) is 4.04. The standard InChI is InChI=1S/C18H33N3O2/c1-13-10-20(11-14(2)23-13)12-16-6-8-21(9-7-16)15(3)18(22)19-17-4-5-17/h13-17H,4-12H2,1-3H3,(H,19,22)/t13-,14-,15+/m1/s1. The van der Waals surface area contributed by atoms with Gasteiger partial charge in [-0.25, -0.2) is 0 Å². The van der Waals surface area contributed by atoms with E-state index in [0.29, 0.717) is 18.2 Å². The van der Waals surface area contributed by atoms with Gasteiger partial charge < -0.3 is 10.1 Å². The molecule has 23 heavy (non-hydrogen) atoms. The molecule has 0 aromatic carbocycles. The number of nitrogens with one attached hydrogen (secondary N) is 1. The van der Waals surface area contributed by atoms with Gasteiger partial charge in [0.25, 0.3) is 0 Å². The van der Waals surface area contributed by atoms with Crippen molar-refractivity contribution in [1.29, 1.82) is 0 Å². The molecule has 1 amide bonds. The number of morpholine rings is 1. The van der Waals surface area contributed by atoms with E-state index in [1.54, 1.807) is 0 Å². The predicted octanol–water partition coefficient (Wildman–Crippen LogP) is 1.47. The Balaban J connectivity index is 1.40. The molecule has 2 aliphatic heterocycles. The number of rotatable bonds is 5. The third-order valence-corrected chi connectivity index (χ3v) is 5.51. The van der Waals surface area contributed by atoms with E-state index < -0.39 is 0 Å². The van der Waals surface area contributed by atoms with E-state index in [9.17, 15) is 4.79 Å². The molecule has 3 rings (SSSR count). The molecule has 0 bridgehead atoms. The molecular formula is C18H33N3O2. The van der Waals surface area contributed by atoms with Crippen molar-refractivity contribution in [2.75, 3.05) is 32.7 Å². The van der Waals surface area contributed by atoms with Gasteiger partial charge >= 0.3 is 0 Å². The van der Waals surface area contributed by atoms with Crippen molar-refractivity contribution in [3.8, 4) is 0 Å². The minimum atomic E-state index is 0.0278. The van der Waals surface area contributed by atoms with Gasteiger partial charge in [0.05, 0.1) is 18.2 Å². The van der Waals surface area contributed by atoms with Crippen LogP contribution in [0.15, 0.2) is 0 Å². The summed E-state index contributed by atoms with van der Waals surface area (Å²) in [6.45, 7) is 11.8. The summed E-state index contributed by atoms with van der Waals surface area (Å²) in [6, 6.07) is 0.493. The van der Waals surface area contributed by atoms with E-state index in [4.69, 9.17) is 4.74 Å². The Morgan fingerprint density at radius 3 is 2.30 bits per heavy atom. The lowest BCUT2D eigenvalue weighted by atomic mass is 9.94. The topological polar surface area (TPSA) is 44.8 Å². The molecule has 0 unspecified atom stereocenters. The molecule has 0 spiro atoms. The molecule has 5 nitrogen and oxygen atoms in total. The number of ether oxygens (including phenoxy) is 1. The normalized spacial score (nSPS) is 32.7. The molecule has 0 aromatic heterocycles. The summed E-state index contributed by atoms with van der Waals surface area (Å²) in [7, 11) is 0. The first-order chi connectivity index (χ1) is 11.0. The van der Waals surface area contributed by atoms with Gasteiger partial charge in [0, 0.05) is 25.7 Å². The highest BCUT2D eigenvalue weighted by molar-refractivity contribution is 5.81. The Kier molecular flexibility index (Phi) is 5.60. The average Bonchev–Trinajstić information content (AvgIpc) is 3.30. The lowest BCUT2D eigenvalue weighted by Crippen LogP contribution is -2.51. The van der Waals surface area contributed by atoms with Crippen LogP contribution in [-0.4, -0.2) is 72.7 Å². The quantitative estimate of drug-likeness (QED) is 0.832. The van der Waals surface area contributed by atoms with Gasteiger partial charge in [0.15, 0.2) is 0 Å². The molecule has 2 saturated heterocycles. The van der Waals surface area contributed by atoms with Crippen molar-refractivity contribution in [3.05, 3.63) is 0 Å². The van der Waals surface area contributed by atoms with E-state index in [0.717, 1.165) is 44.9 Å². The highest BCUT2D eigenvalue weighted by Crippen LogP contribution is 2.23. The molecule has 0 radical (unpaired) electrons. The summed E-state index contributed by atoms with van der Waals surface area (Å²) < 4.78 is 5.82. The van der Waals surface area contributed by atoms with Crippen molar-refractivity contribution >= 4 is 5.91 Å². The van der Waals surface area contributed by atoms with Crippen LogP contribution in [0.4, 0.5) is 0 Å². The molecule has 132 valence electrons. The third kappa shape index (κ3) is 4.91. The zero-order valence-corrected chi connectivity index (χ0v) is 15.0. The molecule has 1 N–H and O–H groups in total. The van der Waals surface area contributed by atoms with Crippen LogP contribution in [-0.2, 0) is 9.53 Å². The molecule has 2 heterocycles. The van der Waals surface area contributed by atoms with Crippen LogP contribution in [0.1, 0.15) is 46.5 Å². The van der Waals surface area contributed by atoms with Gasteiger partial charge in [-0.05, 0) is 65.5 Å². The minimum absolute atomic E-state index is 0.0278. The number of hydrogen-bond donors (Lipinski definition) is 1. The Labute approximate surface area is 140 Å². The molecule has 5 heteroatoms. The molecule has 1 saturated carbocycles. The molecule has 3 atom stereocenters. The van der Waals surface area contributed by atoms with E-state index in [2.05, 4.69) is 35.9 Å². The van der Waals surface area contributed by atoms with Crippen molar-refractivity contribution in [2.45, 2.75) is 70.7 Å². The number of hydrogen-bond acceptors (Lipinski definition) is 4. The second-order valence-corrected chi connectivity index (χ2v) is 7.91. The van der Waals surface area contributed by atoms with Crippen molar-refractivity contribution in [2.24, 2.45) is 5.92 Å². The van der Waals surface area contributed by atoms with Crippen molar-refractivity contribution in [3.63, 3.8) is 0 Å². The van der Waals surface area contributed by atoms with E-state index >= 15 is 0 Å². The van der Waals surface area contributed by atoms with Crippen molar-refractivity contribution in [1.82, 2.24) is 15.1 Å². The monoisotopic (exact) mass is 323 g/mol. The molecular weight excluding hydrogens is 290 g/mol. The van der Waals surface area contributed by atoms with Crippen LogP contribution in [0, 0.1) is 5.92 Å². The van der Waals surface area contributed by atoms with Crippen LogP contribution >= 0.6 is 0 Å². The maximum Gasteiger partial charge on any atom is 0.237 e. The van der Waals surface area contributed by atoms with Crippen LogP contribution in [0.25, 0.3) is 0 Å². The summed E-state index contributed by atoms with van der Waals surface area (Å²) in [6.07, 6.45) is 5.45. The SMILES string of the molecule is C[C@@H]1CN(CC2CCN([C@@H](C)C(=O)NC3CC3)CC2)C[C@@H](C)O1. The van der Waals surface area contributed by atoms with Gasteiger partial charge in [-0.3, -0.25) is 14.6 Å². The number of likely N-dealkylation sites (tertiary alicyclic amines) is 1. The van der Waals surface area contributed by atoms with E-state index in [1.165, 1.54) is 19.4 Å². The molecule has 0 aromatic rings. The highest BCUT2D eigenvalue weighted by Gasteiger charge is 2.31. The largest absolute Gasteiger partial charge is 0.373 e. The Bertz CT molecular complexity index is 395. The summed E-state index contributed by atoms with van der Waals surface area (Å²) in [5.41, 5.74) is 0. The number of carbonyl (C=O) groups excluding carboxylic acids is 1. The van der Waals surface area contributed by atoms with Crippen LogP contribution in [0.3, 0.4) is 0 Å². The highest BCUT2D eigenvalue weighted by atomic mass is 16.5. The summed E-state index contributed by atoms with van der Waals surface area (Å²) in [5.74, 6) is 0.990. The maximum atomic E-state index is 12.2. The average molecular weight is 323 g/mol. The van der Waals surface area contributed by atoms with Crippen LogP contribution in [0.5, 0.6) is 0 Å². The van der Waals surface area contributed by atoms with Gasteiger partial charge in [0.2, 0.25) is 5.91 Å². The number of piperidine rings is 1. The second kappa shape index (κ2) is 7.49. The molecule has 3 aliphatic rings. The summed E-state index contributed by atoms with van der Waals surface area (Å²) in [5, 5.41) is 3.13. The Hall–Kier alpha value is -0.650. The van der Waals surface area contributed by atoms with E-state index in [1.807, 2.05) is 0 Å².